The molecule has 2 rings (SSSR count). The van der Waals surface area contributed by atoms with Crippen molar-refractivity contribution in [2.24, 2.45) is 10.9 Å². The molecule has 0 bridgehead atoms. The molecule has 1 saturated carbocycles. The fourth-order valence-electron chi connectivity index (χ4n) is 1.54. The van der Waals surface area contributed by atoms with Crippen molar-refractivity contribution >= 4 is 41.3 Å². The fraction of sp³-hybridized carbons (Fsp3) is 0.583. The Morgan fingerprint density at radius 2 is 2.29 bits per heavy atom. The first-order chi connectivity index (χ1) is 7.88. The zero-order valence-corrected chi connectivity index (χ0v) is 13.3. The third kappa shape index (κ3) is 5.72. The highest BCUT2D eigenvalue weighted by atomic mass is 127. The summed E-state index contributed by atoms with van der Waals surface area (Å²) < 4.78 is 0. The minimum atomic E-state index is 0. The molecule has 0 unspecified atom stereocenters. The van der Waals surface area contributed by atoms with Crippen molar-refractivity contribution in [3.05, 3.63) is 22.4 Å². The molecule has 1 aromatic rings. The molecule has 1 heterocycles. The third-order valence-corrected chi connectivity index (χ3v) is 3.66. The molecule has 5 heteroatoms. The SMILES string of the molecule is CN=C(NCCc1cccs1)NCC1CC1.I. The van der Waals surface area contributed by atoms with Crippen LogP contribution in [0.15, 0.2) is 22.5 Å². The summed E-state index contributed by atoms with van der Waals surface area (Å²) in [7, 11) is 1.83. The zero-order chi connectivity index (χ0) is 11.2. The molecular weight excluding hydrogens is 345 g/mol. The standard InChI is InChI=1S/C12H19N3S.HI/c1-13-12(15-9-10-4-5-10)14-7-6-11-3-2-8-16-11;/h2-3,8,10H,4-7,9H2,1H3,(H2,13,14,15);1H. The Kier molecular flexibility index (Phi) is 6.87. The van der Waals surface area contributed by atoms with E-state index in [9.17, 15) is 0 Å². The van der Waals surface area contributed by atoms with Crippen molar-refractivity contribution in [3.8, 4) is 0 Å². The number of guanidine groups is 1. The van der Waals surface area contributed by atoms with Gasteiger partial charge in [0.25, 0.3) is 0 Å². The highest BCUT2D eigenvalue weighted by Crippen LogP contribution is 2.27. The molecule has 1 fully saturated rings. The maximum Gasteiger partial charge on any atom is 0.190 e. The van der Waals surface area contributed by atoms with Crippen molar-refractivity contribution < 1.29 is 0 Å². The summed E-state index contributed by atoms with van der Waals surface area (Å²) >= 11 is 1.81. The van der Waals surface area contributed by atoms with Gasteiger partial charge < -0.3 is 10.6 Å². The first kappa shape index (κ1) is 14.8. The van der Waals surface area contributed by atoms with Crippen LogP contribution in [0.25, 0.3) is 0 Å². The lowest BCUT2D eigenvalue weighted by Crippen LogP contribution is -2.39. The van der Waals surface area contributed by atoms with Crippen molar-refractivity contribution in [1.29, 1.82) is 0 Å². The molecular formula is C12H20IN3S. The lowest BCUT2D eigenvalue weighted by Gasteiger charge is -2.10. The van der Waals surface area contributed by atoms with E-state index in [2.05, 4.69) is 33.1 Å². The van der Waals surface area contributed by atoms with Gasteiger partial charge in [-0.25, -0.2) is 0 Å². The molecule has 17 heavy (non-hydrogen) atoms. The Morgan fingerprint density at radius 1 is 1.47 bits per heavy atom. The van der Waals surface area contributed by atoms with E-state index >= 15 is 0 Å². The summed E-state index contributed by atoms with van der Waals surface area (Å²) in [4.78, 5) is 5.63. The molecule has 96 valence electrons. The first-order valence-electron chi connectivity index (χ1n) is 5.85. The van der Waals surface area contributed by atoms with E-state index in [-0.39, 0.29) is 24.0 Å². The van der Waals surface area contributed by atoms with Crippen LogP contribution in [0.2, 0.25) is 0 Å². The van der Waals surface area contributed by atoms with Crippen LogP contribution in [0.3, 0.4) is 0 Å². The third-order valence-electron chi connectivity index (χ3n) is 2.72. The van der Waals surface area contributed by atoms with Gasteiger partial charge in [-0.2, -0.15) is 0 Å². The average Bonchev–Trinajstić information content (AvgIpc) is 2.99. The van der Waals surface area contributed by atoms with E-state index in [4.69, 9.17) is 0 Å². The lowest BCUT2D eigenvalue weighted by molar-refractivity contribution is 0.736. The van der Waals surface area contributed by atoms with Gasteiger partial charge in [-0.05, 0) is 36.6 Å². The maximum absolute atomic E-state index is 4.20. The Bertz CT molecular complexity index is 334. The maximum atomic E-state index is 4.20. The van der Waals surface area contributed by atoms with E-state index in [1.54, 1.807) is 0 Å². The molecule has 0 atom stereocenters. The molecule has 0 spiro atoms. The molecule has 0 amide bonds. The first-order valence-corrected chi connectivity index (χ1v) is 6.73. The summed E-state index contributed by atoms with van der Waals surface area (Å²) in [6.07, 6.45) is 3.82. The number of halogens is 1. The highest BCUT2D eigenvalue weighted by molar-refractivity contribution is 14.0. The second-order valence-corrected chi connectivity index (χ2v) is 5.18. The average molecular weight is 365 g/mol. The van der Waals surface area contributed by atoms with Crippen LogP contribution in [0.4, 0.5) is 0 Å². The molecule has 1 aliphatic carbocycles. The van der Waals surface area contributed by atoms with Gasteiger partial charge in [-0.3, -0.25) is 4.99 Å². The number of nitrogens with zero attached hydrogens (tertiary/aromatic N) is 1. The van der Waals surface area contributed by atoms with Crippen LogP contribution in [-0.4, -0.2) is 26.1 Å². The molecule has 0 saturated heterocycles. The van der Waals surface area contributed by atoms with Gasteiger partial charge in [0.05, 0.1) is 0 Å². The minimum Gasteiger partial charge on any atom is -0.356 e. The van der Waals surface area contributed by atoms with Gasteiger partial charge in [-0.1, -0.05) is 6.07 Å². The summed E-state index contributed by atoms with van der Waals surface area (Å²) in [6, 6.07) is 4.27. The largest absolute Gasteiger partial charge is 0.356 e. The van der Waals surface area contributed by atoms with Crippen molar-refractivity contribution in [1.82, 2.24) is 10.6 Å². The van der Waals surface area contributed by atoms with Crippen molar-refractivity contribution in [2.75, 3.05) is 20.1 Å². The van der Waals surface area contributed by atoms with Gasteiger partial charge in [-0.15, -0.1) is 35.3 Å². The molecule has 2 N–H and O–H groups in total. The van der Waals surface area contributed by atoms with Crippen LogP contribution < -0.4 is 10.6 Å². The van der Waals surface area contributed by atoms with Crippen LogP contribution in [0.1, 0.15) is 17.7 Å². The van der Waals surface area contributed by atoms with Crippen molar-refractivity contribution in [3.63, 3.8) is 0 Å². The Labute approximate surface area is 124 Å². The van der Waals surface area contributed by atoms with E-state index < -0.39 is 0 Å². The normalized spacial score (nSPS) is 15.2. The number of aliphatic imine (C=N–C) groups is 1. The number of hydrogen-bond acceptors (Lipinski definition) is 2. The number of rotatable bonds is 5. The van der Waals surface area contributed by atoms with E-state index in [0.29, 0.717) is 0 Å². The number of thiophene rings is 1. The van der Waals surface area contributed by atoms with Crippen LogP contribution in [0, 0.1) is 5.92 Å². The smallest absolute Gasteiger partial charge is 0.190 e. The monoisotopic (exact) mass is 365 g/mol. The predicted octanol–water partition coefficient (Wildman–Crippen LogP) is 2.48. The number of nitrogens with one attached hydrogen (secondary N) is 2. The predicted molar refractivity (Wildman–Crippen MR) is 85.5 cm³/mol. The highest BCUT2D eigenvalue weighted by Gasteiger charge is 2.20. The quantitative estimate of drug-likeness (QED) is 0.478. The Balaban J connectivity index is 0.00000144. The van der Waals surface area contributed by atoms with Crippen LogP contribution >= 0.6 is 35.3 Å². The van der Waals surface area contributed by atoms with E-state index in [0.717, 1.165) is 31.4 Å². The van der Waals surface area contributed by atoms with Gasteiger partial charge in [0.15, 0.2) is 5.96 Å². The number of hydrogen-bond donors (Lipinski definition) is 2. The topological polar surface area (TPSA) is 36.4 Å². The van der Waals surface area contributed by atoms with Crippen LogP contribution in [0.5, 0.6) is 0 Å². The van der Waals surface area contributed by atoms with E-state index in [1.165, 1.54) is 17.7 Å². The van der Waals surface area contributed by atoms with E-state index in [1.807, 2.05) is 18.4 Å². The van der Waals surface area contributed by atoms with Gasteiger partial charge in [0, 0.05) is 25.0 Å². The second kappa shape index (κ2) is 7.92. The molecule has 3 nitrogen and oxygen atoms in total. The Hall–Kier alpha value is -0.300. The lowest BCUT2D eigenvalue weighted by atomic mass is 10.3. The molecule has 0 radical (unpaired) electrons. The summed E-state index contributed by atoms with van der Waals surface area (Å²) in [5.74, 6) is 1.82. The minimum absolute atomic E-state index is 0. The van der Waals surface area contributed by atoms with Crippen molar-refractivity contribution in [2.45, 2.75) is 19.3 Å². The summed E-state index contributed by atoms with van der Waals surface area (Å²) in [5.41, 5.74) is 0. The molecule has 1 aromatic heterocycles. The molecule has 1 aliphatic rings. The summed E-state index contributed by atoms with van der Waals surface area (Å²) in [5, 5.41) is 8.81. The molecule has 0 aromatic carbocycles. The van der Waals surface area contributed by atoms with Crippen LogP contribution in [-0.2, 0) is 6.42 Å². The zero-order valence-electron chi connectivity index (χ0n) is 10.1. The fourth-order valence-corrected chi connectivity index (χ4v) is 2.25. The Morgan fingerprint density at radius 3 is 2.88 bits per heavy atom. The van der Waals surface area contributed by atoms with Gasteiger partial charge in [0.1, 0.15) is 0 Å². The molecule has 0 aliphatic heterocycles. The second-order valence-electron chi connectivity index (χ2n) is 4.15. The van der Waals surface area contributed by atoms with Gasteiger partial charge >= 0.3 is 0 Å². The van der Waals surface area contributed by atoms with Gasteiger partial charge in [0.2, 0.25) is 0 Å². The summed E-state index contributed by atoms with van der Waals surface area (Å²) in [6.45, 7) is 2.02.